The molecule has 0 aromatic heterocycles. The molecule has 2 aliphatic rings. The summed E-state index contributed by atoms with van der Waals surface area (Å²) in [6.45, 7) is 2.24. The molecule has 20 heavy (non-hydrogen) atoms. The van der Waals surface area contributed by atoms with E-state index in [4.69, 9.17) is 4.74 Å². The molecule has 2 fully saturated rings. The van der Waals surface area contributed by atoms with Gasteiger partial charge in [-0.25, -0.2) is 0 Å². The number of fused-ring (bicyclic) bond motifs is 1. The van der Waals surface area contributed by atoms with E-state index in [0.29, 0.717) is 0 Å². The van der Waals surface area contributed by atoms with Crippen molar-refractivity contribution in [3.8, 4) is 0 Å². The maximum atomic E-state index is 12.2. The van der Waals surface area contributed by atoms with Gasteiger partial charge < -0.3 is 4.74 Å². The topological polar surface area (TPSA) is 63.7 Å². The van der Waals surface area contributed by atoms with E-state index >= 15 is 0 Å². The average molecular weight is 279 g/mol. The summed E-state index contributed by atoms with van der Waals surface area (Å²) in [7, 11) is 0. The van der Waals surface area contributed by atoms with Crippen LogP contribution >= 0.6 is 0 Å². The largest absolute Gasteiger partial charge is 0.461 e. The van der Waals surface area contributed by atoms with E-state index in [1.807, 2.05) is 6.92 Å². The van der Waals surface area contributed by atoms with Gasteiger partial charge in [-0.15, -0.1) is 0 Å². The quantitative estimate of drug-likeness (QED) is 0.436. The highest BCUT2D eigenvalue weighted by Crippen LogP contribution is 2.37. The first-order valence-electron chi connectivity index (χ1n) is 7.27. The Morgan fingerprint density at radius 3 is 2.40 bits per heavy atom. The summed E-state index contributed by atoms with van der Waals surface area (Å²) in [5.74, 6) is -0.855. The molecule has 110 valence electrons. The number of imide groups is 1. The smallest absolute Gasteiger partial charge is 0.307 e. The number of amides is 2. The predicted molar refractivity (Wildman–Crippen MR) is 72.6 cm³/mol. The normalized spacial score (nSPS) is 26.1. The van der Waals surface area contributed by atoms with Crippen LogP contribution in [0.2, 0.25) is 0 Å². The zero-order valence-corrected chi connectivity index (χ0v) is 11.8. The average Bonchev–Trinajstić information content (AvgIpc) is 2.70. The van der Waals surface area contributed by atoms with Crippen molar-refractivity contribution in [3.63, 3.8) is 0 Å². The lowest BCUT2D eigenvalue weighted by Crippen LogP contribution is -2.33. The fraction of sp³-hybridized carbons (Fsp3) is 0.667. The molecule has 5 nitrogen and oxygen atoms in total. The molecule has 1 saturated carbocycles. The molecule has 1 aliphatic heterocycles. The summed E-state index contributed by atoms with van der Waals surface area (Å²) in [6, 6.07) is 0. The van der Waals surface area contributed by atoms with Crippen LogP contribution in [0.4, 0.5) is 0 Å². The van der Waals surface area contributed by atoms with E-state index in [-0.39, 0.29) is 49.2 Å². The van der Waals surface area contributed by atoms with Gasteiger partial charge in [0, 0.05) is 6.54 Å². The lowest BCUT2D eigenvalue weighted by Gasteiger charge is -2.19. The molecule has 0 bridgehead atoms. The van der Waals surface area contributed by atoms with Crippen LogP contribution in [0.15, 0.2) is 12.2 Å². The van der Waals surface area contributed by atoms with Crippen LogP contribution in [0.1, 0.15) is 39.0 Å². The number of likely N-dealkylation sites (tertiary alicyclic amines) is 1. The van der Waals surface area contributed by atoms with Gasteiger partial charge in [-0.3, -0.25) is 19.3 Å². The Bertz CT molecular complexity index is 406. The van der Waals surface area contributed by atoms with E-state index in [0.717, 1.165) is 25.7 Å². The third-order valence-corrected chi connectivity index (χ3v) is 4.05. The second kappa shape index (κ2) is 6.68. The maximum absolute atomic E-state index is 12.2. The Labute approximate surface area is 119 Å². The second-order valence-corrected chi connectivity index (χ2v) is 5.33. The van der Waals surface area contributed by atoms with Crippen LogP contribution in [0.3, 0.4) is 0 Å². The molecule has 0 aromatic rings. The molecule has 0 N–H and O–H groups in total. The molecule has 5 heteroatoms. The van der Waals surface area contributed by atoms with E-state index < -0.39 is 0 Å². The van der Waals surface area contributed by atoms with Gasteiger partial charge in [-0.1, -0.05) is 25.0 Å². The molecule has 1 saturated heterocycles. The fourth-order valence-corrected chi connectivity index (χ4v) is 2.96. The molecule has 0 aromatic carbocycles. The standard InChI is InChI=1S/C15H21NO4/c1-2-3-10-20-13(17)8-9-16-14(18)11-6-4-5-7-12(11)15(16)19/h2-3,11-12H,4-10H2,1H3/b3-2+. The van der Waals surface area contributed by atoms with Gasteiger partial charge in [-0.05, 0) is 19.8 Å². The van der Waals surface area contributed by atoms with Gasteiger partial charge in [0.15, 0.2) is 0 Å². The molecule has 1 aliphatic carbocycles. The number of esters is 1. The zero-order valence-electron chi connectivity index (χ0n) is 11.8. The third kappa shape index (κ3) is 3.08. The minimum atomic E-state index is -0.376. The van der Waals surface area contributed by atoms with Crippen LogP contribution in [0, 0.1) is 11.8 Å². The molecule has 2 rings (SSSR count). The van der Waals surface area contributed by atoms with Crippen molar-refractivity contribution < 1.29 is 19.1 Å². The van der Waals surface area contributed by atoms with Crippen LogP contribution in [0.5, 0.6) is 0 Å². The Hall–Kier alpha value is -1.65. The molecular formula is C15H21NO4. The predicted octanol–water partition coefficient (Wildman–Crippen LogP) is 1.67. The van der Waals surface area contributed by atoms with Gasteiger partial charge in [-0.2, -0.15) is 0 Å². The minimum absolute atomic E-state index is 0.0779. The van der Waals surface area contributed by atoms with Gasteiger partial charge in [0.25, 0.3) is 0 Å². The van der Waals surface area contributed by atoms with Crippen molar-refractivity contribution >= 4 is 17.8 Å². The van der Waals surface area contributed by atoms with Crippen molar-refractivity contribution in [2.75, 3.05) is 13.2 Å². The highest BCUT2D eigenvalue weighted by Gasteiger charge is 2.47. The van der Waals surface area contributed by atoms with Crippen LogP contribution < -0.4 is 0 Å². The Morgan fingerprint density at radius 2 is 1.85 bits per heavy atom. The molecule has 0 radical (unpaired) electrons. The maximum Gasteiger partial charge on any atom is 0.307 e. The number of allylic oxidation sites excluding steroid dienone is 1. The highest BCUT2D eigenvalue weighted by molar-refractivity contribution is 6.05. The Balaban J connectivity index is 1.85. The summed E-state index contributed by atoms with van der Waals surface area (Å²) in [4.78, 5) is 37.1. The number of hydrogen-bond acceptors (Lipinski definition) is 4. The number of carbonyl (C=O) groups excluding carboxylic acids is 3. The molecule has 2 amide bonds. The van der Waals surface area contributed by atoms with Crippen molar-refractivity contribution in [2.45, 2.75) is 39.0 Å². The van der Waals surface area contributed by atoms with Crippen LogP contribution in [0.25, 0.3) is 0 Å². The first-order chi connectivity index (χ1) is 9.65. The summed E-state index contributed by atoms with van der Waals surface area (Å²) < 4.78 is 4.96. The number of ether oxygens (including phenoxy) is 1. The molecular weight excluding hydrogens is 258 g/mol. The van der Waals surface area contributed by atoms with E-state index in [1.54, 1.807) is 12.2 Å². The number of nitrogens with zero attached hydrogens (tertiary/aromatic N) is 1. The van der Waals surface area contributed by atoms with E-state index in [2.05, 4.69) is 0 Å². The third-order valence-electron chi connectivity index (χ3n) is 4.05. The number of carbonyl (C=O) groups is 3. The SMILES string of the molecule is C/C=C/COC(=O)CCN1C(=O)C2CCCCC2C1=O. The first kappa shape index (κ1) is 14.8. The van der Waals surface area contributed by atoms with Crippen molar-refractivity contribution in [3.05, 3.63) is 12.2 Å². The zero-order chi connectivity index (χ0) is 14.5. The van der Waals surface area contributed by atoms with E-state index in [9.17, 15) is 14.4 Å². The molecule has 2 unspecified atom stereocenters. The summed E-state index contributed by atoms with van der Waals surface area (Å²) in [5, 5.41) is 0. The first-order valence-corrected chi connectivity index (χ1v) is 7.27. The summed E-state index contributed by atoms with van der Waals surface area (Å²) in [6.07, 6.45) is 7.24. The van der Waals surface area contributed by atoms with Crippen LogP contribution in [-0.2, 0) is 19.1 Å². The Morgan fingerprint density at radius 1 is 1.25 bits per heavy atom. The summed E-state index contributed by atoms with van der Waals surface area (Å²) in [5.41, 5.74) is 0. The van der Waals surface area contributed by atoms with Gasteiger partial charge in [0.2, 0.25) is 11.8 Å². The fourth-order valence-electron chi connectivity index (χ4n) is 2.96. The van der Waals surface area contributed by atoms with Crippen LogP contribution in [-0.4, -0.2) is 35.8 Å². The number of hydrogen-bond donors (Lipinski definition) is 0. The van der Waals surface area contributed by atoms with Gasteiger partial charge >= 0.3 is 5.97 Å². The second-order valence-electron chi connectivity index (χ2n) is 5.33. The number of rotatable bonds is 5. The molecule has 0 spiro atoms. The van der Waals surface area contributed by atoms with Crippen molar-refractivity contribution in [1.82, 2.24) is 4.90 Å². The van der Waals surface area contributed by atoms with Gasteiger partial charge in [0.1, 0.15) is 6.61 Å². The van der Waals surface area contributed by atoms with Gasteiger partial charge in [0.05, 0.1) is 18.3 Å². The van der Waals surface area contributed by atoms with E-state index in [1.165, 1.54) is 4.90 Å². The lowest BCUT2D eigenvalue weighted by atomic mass is 9.81. The molecule has 2 atom stereocenters. The van der Waals surface area contributed by atoms with Crippen molar-refractivity contribution in [2.24, 2.45) is 11.8 Å². The Kier molecular flexibility index (Phi) is 4.93. The summed E-state index contributed by atoms with van der Waals surface area (Å²) >= 11 is 0. The monoisotopic (exact) mass is 279 g/mol. The lowest BCUT2D eigenvalue weighted by molar-refractivity contribution is -0.144. The minimum Gasteiger partial charge on any atom is -0.461 e. The highest BCUT2D eigenvalue weighted by atomic mass is 16.5. The molecule has 1 heterocycles. The van der Waals surface area contributed by atoms with Crippen molar-refractivity contribution in [1.29, 1.82) is 0 Å².